The number of methoxy groups -OCH3 is 1. The molecule has 2 atom stereocenters. The first-order valence-corrected chi connectivity index (χ1v) is 8.09. The van der Waals surface area contributed by atoms with Crippen LogP contribution in [0.2, 0.25) is 0 Å². The fourth-order valence-electron chi connectivity index (χ4n) is 3.00. The Balaban J connectivity index is 1.91. The number of hydrogen-bond acceptors (Lipinski definition) is 3. The summed E-state index contributed by atoms with van der Waals surface area (Å²) in [5.74, 6) is -4.52. The molecule has 1 fully saturated rings. The number of urea groups is 1. The van der Waals surface area contributed by atoms with Crippen molar-refractivity contribution in [3.8, 4) is 5.75 Å². The number of likely N-dealkylation sites (tertiary alicyclic amines) is 1. The van der Waals surface area contributed by atoms with Gasteiger partial charge in [0.05, 0.1) is 18.9 Å². The van der Waals surface area contributed by atoms with E-state index in [0.29, 0.717) is 12.2 Å². The Hall–Kier alpha value is -2.45. The number of aryl methyl sites for hydroxylation is 1. The number of carboxylic acid groups (broad SMARTS) is 1. The molecule has 0 unspecified atom stereocenters. The van der Waals surface area contributed by atoms with Crippen molar-refractivity contribution in [2.24, 2.45) is 11.8 Å². The maximum atomic E-state index is 13.0. The topological polar surface area (TPSA) is 78.9 Å². The van der Waals surface area contributed by atoms with Gasteiger partial charge in [-0.3, -0.25) is 4.79 Å². The highest BCUT2D eigenvalue weighted by molar-refractivity contribution is 5.77. The minimum atomic E-state index is -4.66. The molecule has 2 N–H and O–H groups in total. The molecule has 1 aromatic carbocycles. The number of halogens is 3. The maximum absolute atomic E-state index is 13.0. The molecule has 1 aliphatic heterocycles. The number of benzene rings is 1. The first kappa shape index (κ1) is 19.9. The van der Waals surface area contributed by atoms with E-state index in [2.05, 4.69) is 5.32 Å². The molecule has 0 aromatic heterocycles. The van der Waals surface area contributed by atoms with Crippen LogP contribution in [0.15, 0.2) is 18.2 Å². The Labute approximate surface area is 148 Å². The molecule has 2 rings (SSSR count). The molecule has 144 valence electrons. The zero-order chi connectivity index (χ0) is 19.5. The lowest BCUT2D eigenvalue weighted by Gasteiger charge is -2.18. The van der Waals surface area contributed by atoms with Crippen molar-refractivity contribution in [2.75, 3.05) is 26.7 Å². The molecule has 1 aromatic rings. The fourth-order valence-corrected chi connectivity index (χ4v) is 3.00. The van der Waals surface area contributed by atoms with Crippen LogP contribution < -0.4 is 10.1 Å². The number of amides is 2. The lowest BCUT2D eigenvalue weighted by Crippen LogP contribution is -2.40. The van der Waals surface area contributed by atoms with Crippen molar-refractivity contribution < 1.29 is 32.6 Å². The van der Waals surface area contributed by atoms with Gasteiger partial charge >= 0.3 is 18.2 Å². The van der Waals surface area contributed by atoms with Crippen LogP contribution in [0.1, 0.15) is 11.1 Å². The third-order valence-electron chi connectivity index (χ3n) is 4.51. The van der Waals surface area contributed by atoms with Crippen molar-refractivity contribution in [1.29, 1.82) is 0 Å². The smallest absolute Gasteiger partial charge is 0.394 e. The maximum Gasteiger partial charge on any atom is 0.394 e. The largest absolute Gasteiger partial charge is 0.496 e. The normalized spacial score (nSPS) is 20.1. The molecule has 2 amide bonds. The molecule has 0 saturated carbocycles. The molecular formula is C17H21F3N2O4. The first-order valence-electron chi connectivity index (χ1n) is 8.09. The predicted molar refractivity (Wildman–Crippen MR) is 87.1 cm³/mol. The van der Waals surface area contributed by atoms with Crippen molar-refractivity contribution in [2.45, 2.75) is 19.5 Å². The number of carbonyl (C=O) groups is 2. The summed E-state index contributed by atoms with van der Waals surface area (Å²) < 4.78 is 44.1. The van der Waals surface area contributed by atoms with Crippen LogP contribution in [0.5, 0.6) is 5.75 Å². The fraction of sp³-hybridized carbons (Fsp3) is 0.529. The number of rotatable bonds is 5. The molecule has 9 heteroatoms. The summed E-state index contributed by atoms with van der Waals surface area (Å²) in [5.41, 5.74) is 1.88. The minimum absolute atomic E-state index is 0.218. The third-order valence-corrected chi connectivity index (χ3v) is 4.51. The molecule has 26 heavy (non-hydrogen) atoms. The molecule has 1 heterocycles. The Morgan fingerprint density at radius 3 is 2.58 bits per heavy atom. The van der Waals surface area contributed by atoms with Crippen LogP contribution in [0.4, 0.5) is 18.0 Å². The number of aliphatic carboxylic acids is 1. The van der Waals surface area contributed by atoms with Gasteiger partial charge < -0.3 is 20.1 Å². The van der Waals surface area contributed by atoms with E-state index in [0.717, 1.165) is 16.0 Å². The first-order chi connectivity index (χ1) is 12.1. The molecular weight excluding hydrogens is 353 g/mol. The summed E-state index contributed by atoms with van der Waals surface area (Å²) in [6, 6.07) is 4.89. The molecule has 0 aliphatic carbocycles. The van der Waals surface area contributed by atoms with Gasteiger partial charge in [-0.2, -0.15) is 13.2 Å². The Morgan fingerprint density at radius 1 is 1.35 bits per heavy atom. The molecule has 0 radical (unpaired) electrons. The molecule has 0 spiro atoms. The van der Waals surface area contributed by atoms with Crippen LogP contribution in [0.25, 0.3) is 0 Å². The zero-order valence-electron chi connectivity index (χ0n) is 14.5. The number of carboxylic acids is 1. The SMILES string of the molecule is COc1cc(CCNC(=O)N2C[C@@H](C(F)(F)F)[C@H](C(=O)O)C2)ccc1C. The summed E-state index contributed by atoms with van der Waals surface area (Å²) in [6.45, 7) is 1.01. The van der Waals surface area contributed by atoms with Crippen LogP contribution in [-0.2, 0) is 11.2 Å². The van der Waals surface area contributed by atoms with Gasteiger partial charge in [-0.1, -0.05) is 12.1 Å². The van der Waals surface area contributed by atoms with Gasteiger partial charge in [-0.05, 0) is 30.5 Å². The summed E-state index contributed by atoms with van der Waals surface area (Å²) >= 11 is 0. The van der Waals surface area contributed by atoms with Crippen molar-refractivity contribution in [3.63, 3.8) is 0 Å². The van der Waals surface area contributed by atoms with E-state index < -0.39 is 43.1 Å². The monoisotopic (exact) mass is 374 g/mol. The average molecular weight is 374 g/mol. The molecule has 1 aliphatic rings. The van der Waals surface area contributed by atoms with Gasteiger partial charge in [-0.15, -0.1) is 0 Å². The second kappa shape index (κ2) is 7.84. The lowest BCUT2D eigenvalue weighted by molar-refractivity contribution is -0.187. The van der Waals surface area contributed by atoms with Crippen molar-refractivity contribution >= 4 is 12.0 Å². The van der Waals surface area contributed by atoms with E-state index in [-0.39, 0.29) is 6.54 Å². The summed E-state index contributed by atoms with van der Waals surface area (Å²) in [4.78, 5) is 24.0. The van der Waals surface area contributed by atoms with Gasteiger partial charge in [0.15, 0.2) is 0 Å². The predicted octanol–water partition coefficient (Wildman–Crippen LogP) is 2.45. The average Bonchev–Trinajstić information content (AvgIpc) is 3.02. The highest BCUT2D eigenvalue weighted by atomic mass is 19.4. The van der Waals surface area contributed by atoms with Crippen LogP contribution in [0, 0.1) is 18.8 Å². The Kier molecular flexibility index (Phi) is 5.99. The van der Waals surface area contributed by atoms with Crippen LogP contribution >= 0.6 is 0 Å². The minimum Gasteiger partial charge on any atom is -0.496 e. The zero-order valence-corrected chi connectivity index (χ0v) is 14.5. The van der Waals surface area contributed by atoms with Gasteiger partial charge in [0.2, 0.25) is 0 Å². The van der Waals surface area contributed by atoms with E-state index in [4.69, 9.17) is 9.84 Å². The highest BCUT2D eigenvalue weighted by Gasteiger charge is 2.53. The van der Waals surface area contributed by atoms with E-state index >= 15 is 0 Å². The summed E-state index contributed by atoms with van der Waals surface area (Å²) in [7, 11) is 1.55. The standard InChI is InChI=1S/C17H21F3N2O4/c1-10-3-4-11(7-14(10)26-2)5-6-21-16(25)22-8-12(15(23)24)13(9-22)17(18,19)20/h3-4,7,12-13H,5-6,8-9H2,1-2H3,(H,21,25)(H,23,24)/t12-,13-/m1/s1. The van der Waals surface area contributed by atoms with E-state index in [1.807, 2.05) is 25.1 Å². The third kappa shape index (κ3) is 4.59. The van der Waals surface area contributed by atoms with E-state index in [9.17, 15) is 22.8 Å². The quantitative estimate of drug-likeness (QED) is 0.830. The molecule has 6 nitrogen and oxygen atoms in total. The van der Waals surface area contributed by atoms with Crippen LogP contribution in [0.3, 0.4) is 0 Å². The van der Waals surface area contributed by atoms with Gasteiger partial charge in [0.25, 0.3) is 0 Å². The Morgan fingerprint density at radius 2 is 2.04 bits per heavy atom. The number of hydrogen-bond donors (Lipinski definition) is 2. The van der Waals surface area contributed by atoms with Gasteiger partial charge in [0, 0.05) is 19.6 Å². The lowest BCUT2D eigenvalue weighted by atomic mass is 9.96. The second-order valence-electron chi connectivity index (χ2n) is 6.28. The number of carbonyl (C=O) groups excluding carboxylic acids is 1. The summed E-state index contributed by atoms with van der Waals surface area (Å²) in [6.07, 6.45) is -4.18. The second-order valence-corrected chi connectivity index (χ2v) is 6.28. The number of ether oxygens (including phenoxy) is 1. The van der Waals surface area contributed by atoms with Gasteiger partial charge in [0.1, 0.15) is 5.75 Å². The summed E-state index contributed by atoms with van der Waals surface area (Å²) in [5, 5.41) is 11.5. The van der Waals surface area contributed by atoms with E-state index in [1.165, 1.54) is 0 Å². The van der Waals surface area contributed by atoms with E-state index in [1.54, 1.807) is 7.11 Å². The van der Waals surface area contributed by atoms with Crippen molar-refractivity contribution in [1.82, 2.24) is 10.2 Å². The number of nitrogens with zero attached hydrogens (tertiary/aromatic N) is 1. The molecule has 0 bridgehead atoms. The van der Waals surface area contributed by atoms with Gasteiger partial charge in [-0.25, -0.2) is 4.79 Å². The van der Waals surface area contributed by atoms with Crippen LogP contribution in [-0.4, -0.2) is 54.9 Å². The Bertz CT molecular complexity index is 678. The van der Waals surface area contributed by atoms with Crippen molar-refractivity contribution in [3.05, 3.63) is 29.3 Å². The number of alkyl halides is 3. The number of nitrogens with one attached hydrogen (secondary N) is 1. The molecule has 1 saturated heterocycles. The highest BCUT2D eigenvalue weighted by Crippen LogP contribution is 2.37.